The summed E-state index contributed by atoms with van der Waals surface area (Å²) >= 11 is 6.01. The van der Waals surface area contributed by atoms with Crippen molar-refractivity contribution in [1.82, 2.24) is 9.62 Å². The Balaban J connectivity index is 1.60. The molecule has 0 saturated carbocycles. The van der Waals surface area contributed by atoms with Gasteiger partial charge in [0.25, 0.3) is 10.0 Å². The normalized spacial score (nSPS) is 17.9. The average molecular weight is 498 g/mol. The zero-order chi connectivity index (χ0) is 23.4. The molecule has 2 aromatic carbocycles. The summed E-state index contributed by atoms with van der Waals surface area (Å²) in [6, 6.07) is 12.3. The van der Waals surface area contributed by atoms with Crippen molar-refractivity contribution in [2.45, 2.75) is 23.8 Å². The maximum Gasteiger partial charge on any atom is 0.261 e. The van der Waals surface area contributed by atoms with E-state index in [-0.39, 0.29) is 29.1 Å². The van der Waals surface area contributed by atoms with Crippen molar-refractivity contribution in [1.29, 1.82) is 0 Å². The molecule has 3 rings (SSSR count). The van der Waals surface area contributed by atoms with Gasteiger partial charge in [0.05, 0.1) is 21.9 Å². The van der Waals surface area contributed by atoms with Gasteiger partial charge in [0.2, 0.25) is 15.9 Å². The van der Waals surface area contributed by atoms with Crippen LogP contribution in [0.3, 0.4) is 0 Å². The van der Waals surface area contributed by atoms with Crippen LogP contribution in [-0.4, -0.2) is 52.4 Å². The highest BCUT2D eigenvalue weighted by Crippen LogP contribution is 2.24. The maximum absolute atomic E-state index is 12.6. The molecule has 1 heterocycles. The lowest BCUT2D eigenvalue weighted by Crippen LogP contribution is -2.48. The van der Waals surface area contributed by atoms with E-state index < -0.39 is 20.0 Å². The molecular weight excluding hydrogens is 474 g/mol. The summed E-state index contributed by atoms with van der Waals surface area (Å²) < 4.78 is 52.3. The largest absolute Gasteiger partial charge is 0.348 e. The smallest absolute Gasteiger partial charge is 0.261 e. The van der Waals surface area contributed by atoms with Crippen LogP contribution >= 0.6 is 11.6 Å². The molecule has 0 aliphatic carbocycles. The first kappa shape index (κ1) is 24.2. The first-order valence-electron chi connectivity index (χ1n) is 9.86. The molecular formula is C21H24ClN3O5S2. The number of hydrogen-bond acceptors (Lipinski definition) is 5. The summed E-state index contributed by atoms with van der Waals surface area (Å²) in [5.74, 6) is -0.345. The Morgan fingerprint density at radius 3 is 2.44 bits per heavy atom. The minimum Gasteiger partial charge on any atom is -0.348 e. The lowest BCUT2D eigenvalue weighted by Gasteiger charge is -2.31. The summed E-state index contributed by atoms with van der Waals surface area (Å²) in [4.78, 5) is 12.3. The second-order valence-corrected chi connectivity index (χ2v) is 11.5. The van der Waals surface area contributed by atoms with E-state index in [1.165, 1.54) is 22.5 Å². The Morgan fingerprint density at radius 2 is 1.78 bits per heavy atom. The van der Waals surface area contributed by atoms with Gasteiger partial charge < -0.3 is 5.32 Å². The molecule has 8 nitrogen and oxygen atoms in total. The summed E-state index contributed by atoms with van der Waals surface area (Å²) in [5, 5.41) is 3.10. The number of carbonyl (C=O) groups excluding carboxylic acids is 1. The van der Waals surface area contributed by atoms with Crippen LogP contribution in [-0.2, 0) is 24.8 Å². The van der Waals surface area contributed by atoms with E-state index in [0.29, 0.717) is 30.0 Å². The lowest BCUT2D eigenvalue weighted by molar-refractivity contribution is -0.117. The van der Waals surface area contributed by atoms with Crippen molar-refractivity contribution in [3.05, 3.63) is 65.2 Å². The predicted molar refractivity (Wildman–Crippen MR) is 125 cm³/mol. The molecule has 172 valence electrons. The Morgan fingerprint density at radius 1 is 1.09 bits per heavy atom. The molecule has 1 unspecified atom stereocenters. The lowest BCUT2D eigenvalue weighted by atomic mass is 10.1. The van der Waals surface area contributed by atoms with E-state index in [9.17, 15) is 21.6 Å². The van der Waals surface area contributed by atoms with Crippen molar-refractivity contribution in [2.75, 3.05) is 24.1 Å². The molecule has 1 amide bonds. The van der Waals surface area contributed by atoms with Gasteiger partial charge in [0.1, 0.15) is 0 Å². The summed E-state index contributed by atoms with van der Waals surface area (Å²) in [6.07, 6.45) is 5.44. The van der Waals surface area contributed by atoms with E-state index in [2.05, 4.69) is 10.0 Å². The molecule has 2 N–H and O–H groups in total. The highest BCUT2D eigenvalue weighted by Gasteiger charge is 2.26. The van der Waals surface area contributed by atoms with Crippen LogP contribution in [0.25, 0.3) is 6.08 Å². The number of halogens is 1. The van der Waals surface area contributed by atoms with Gasteiger partial charge >= 0.3 is 0 Å². The molecule has 1 aliphatic heterocycles. The van der Waals surface area contributed by atoms with Crippen LogP contribution in [0.5, 0.6) is 0 Å². The number of sulfonamides is 2. The van der Waals surface area contributed by atoms with Gasteiger partial charge in [0, 0.05) is 25.2 Å². The van der Waals surface area contributed by atoms with E-state index in [1.54, 1.807) is 42.5 Å². The quantitative estimate of drug-likeness (QED) is 0.571. The minimum absolute atomic E-state index is 0.0575. The number of nitrogens with zero attached hydrogens (tertiary/aromatic N) is 1. The number of nitrogens with one attached hydrogen (secondary N) is 2. The molecule has 1 fully saturated rings. The van der Waals surface area contributed by atoms with E-state index in [0.717, 1.165) is 6.26 Å². The molecule has 1 atom stereocenters. The van der Waals surface area contributed by atoms with Gasteiger partial charge in [-0.15, -0.1) is 0 Å². The van der Waals surface area contributed by atoms with Crippen LogP contribution in [0, 0.1) is 0 Å². The number of benzene rings is 2. The van der Waals surface area contributed by atoms with Crippen molar-refractivity contribution in [3.8, 4) is 0 Å². The SMILES string of the molecule is CS(=O)(=O)N1CCCC(NC(=O)/C=C/c2ccc(S(=O)(=O)Nc3ccccc3Cl)cc2)C1. The highest BCUT2D eigenvalue weighted by atomic mass is 35.5. The first-order chi connectivity index (χ1) is 15.0. The van der Waals surface area contributed by atoms with Crippen LogP contribution in [0.4, 0.5) is 5.69 Å². The molecule has 2 aromatic rings. The molecule has 1 aliphatic rings. The van der Waals surface area contributed by atoms with Crippen molar-refractivity contribution >= 4 is 49.3 Å². The molecule has 0 bridgehead atoms. The molecule has 0 aromatic heterocycles. The van der Waals surface area contributed by atoms with Gasteiger partial charge in [-0.2, -0.15) is 0 Å². The van der Waals surface area contributed by atoms with E-state index in [4.69, 9.17) is 11.6 Å². The van der Waals surface area contributed by atoms with E-state index in [1.807, 2.05) is 0 Å². The molecule has 11 heteroatoms. The third kappa shape index (κ3) is 6.55. The number of hydrogen-bond donors (Lipinski definition) is 2. The summed E-state index contributed by atoms with van der Waals surface area (Å²) in [5.41, 5.74) is 0.921. The van der Waals surface area contributed by atoms with Gasteiger partial charge in [-0.05, 0) is 48.7 Å². The van der Waals surface area contributed by atoms with Crippen molar-refractivity contribution in [3.63, 3.8) is 0 Å². The Labute approximate surface area is 193 Å². The maximum atomic E-state index is 12.6. The number of para-hydroxylation sites is 1. The standard InChI is InChI=1S/C21H24ClN3O5S2/c1-31(27,28)25-14-4-5-17(15-25)23-21(26)13-10-16-8-11-18(12-9-16)32(29,30)24-20-7-3-2-6-19(20)22/h2-3,6-13,17,24H,4-5,14-15H2,1H3,(H,23,26)/b13-10+. The van der Waals surface area contributed by atoms with Crippen molar-refractivity contribution < 1.29 is 21.6 Å². The number of rotatable bonds is 7. The van der Waals surface area contributed by atoms with Crippen LogP contribution in [0.2, 0.25) is 5.02 Å². The van der Waals surface area contributed by atoms with Crippen LogP contribution < -0.4 is 10.0 Å². The predicted octanol–water partition coefficient (Wildman–Crippen LogP) is 2.69. The average Bonchev–Trinajstić information content (AvgIpc) is 2.74. The monoisotopic (exact) mass is 497 g/mol. The van der Waals surface area contributed by atoms with Gasteiger partial charge in [0.15, 0.2) is 0 Å². The third-order valence-corrected chi connectivity index (χ3v) is 7.92. The number of piperidine rings is 1. The Bertz CT molecular complexity index is 1210. The molecule has 0 radical (unpaired) electrons. The fourth-order valence-electron chi connectivity index (χ4n) is 3.29. The Hall–Kier alpha value is -2.40. The molecule has 0 spiro atoms. The molecule has 32 heavy (non-hydrogen) atoms. The Kier molecular flexibility index (Phi) is 7.60. The summed E-state index contributed by atoms with van der Waals surface area (Å²) in [6.45, 7) is 0.713. The number of amides is 1. The second-order valence-electron chi connectivity index (χ2n) is 7.46. The number of carbonyl (C=O) groups is 1. The number of anilines is 1. The topological polar surface area (TPSA) is 113 Å². The minimum atomic E-state index is -3.81. The zero-order valence-corrected chi connectivity index (χ0v) is 19.8. The third-order valence-electron chi connectivity index (χ3n) is 4.94. The first-order valence-corrected chi connectivity index (χ1v) is 13.6. The van der Waals surface area contributed by atoms with Gasteiger partial charge in [-0.3, -0.25) is 9.52 Å². The van der Waals surface area contributed by atoms with E-state index >= 15 is 0 Å². The molecule has 1 saturated heterocycles. The fraction of sp³-hybridized carbons (Fsp3) is 0.286. The zero-order valence-electron chi connectivity index (χ0n) is 17.4. The fourth-order valence-corrected chi connectivity index (χ4v) is 5.52. The van der Waals surface area contributed by atoms with Gasteiger partial charge in [-0.25, -0.2) is 21.1 Å². The van der Waals surface area contributed by atoms with Crippen molar-refractivity contribution in [2.24, 2.45) is 0 Å². The highest BCUT2D eigenvalue weighted by molar-refractivity contribution is 7.92. The van der Waals surface area contributed by atoms with Crippen LogP contribution in [0.1, 0.15) is 18.4 Å². The second kappa shape index (κ2) is 10.0. The summed E-state index contributed by atoms with van der Waals surface area (Å²) in [7, 11) is -7.10. The van der Waals surface area contributed by atoms with Gasteiger partial charge in [-0.1, -0.05) is 35.9 Å². The van der Waals surface area contributed by atoms with Crippen LogP contribution in [0.15, 0.2) is 59.5 Å².